The highest BCUT2D eigenvalue weighted by Gasteiger charge is 2.12. The number of allylic oxidation sites excluding steroid dienone is 1. The highest BCUT2D eigenvalue weighted by atomic mass is 35.5. The van der Waals surface area contributed by atoms with Gasteiger partial charge < -0.3 is 5.32 Å². The lowest BCUT2D eigenvalue weighted by molar-refractivity contribution is 0.632. The molecule has 1 nitrogen and oxygen atoms in total. The molecular formula is C12H13Cl2N. The van der Waals surface area contributed by atoms with Gasteiger partial charge in [0.15, 0.2) is 0 Å². The van der Waals surface area contributed by atoms with Crippen LogP contribution < -0.4 is 5.32 Å². The minimum absolute atomic E-state index is 0.499. The number of hydrogen-bond acceptors (Lipinski definition) is 1. The van der Waals surface area contributed by atoms with E-state index in [1.165, 1.54) is 5.56 Å². The number of benzene rings is 1. The Bertz CT molecular complexity index is 374. The van der Waals surface area contributed by atoms with Gasteiger partial charge in [-0.05, 0) is 30.0 Å². The van der Waals surface area contributed by atoms with Gasteiger partial charge in [0.05, 0.1) is 10.0 Å². The molecule has 80 valence electrons. The van der Waals surface area contributed by atoms with Crippen LogP contribution in [0, 0.1) is 0 Å². The third kappa shape index (κ3) is 2.75. The summed E-state index contributed by atoms with van der Waals surface area (Å²) in [5, 5.41) is 4.63. The van der Waals surface area contributed by atoms with E-state index in [0.717, 1.165) is 19.5 Å². The van der Waals surface area contributed by atoms with Crippen LogP contribution in [-0.2, 0) is 0 Å². The van der Waals surface area contributed by atoms with E-state index in [0.29, 0.717) is 16.0 Å². The lowest BCUT2D eigenvalue weighted by Gasteiger charge is -2.14. The van der Waals surface area contributed by atoms with Crippen molar-refractivity contribution in [3.63, 3.8) is 0 Å². The second kappa shape index (κ2) is 5.02. The van der Waals surface area contributed by atoms with E-state index in [1.54, 1.807) is 0 Å². The first-order valence-electron chi connectivity index (χ1n) is 5.08. The zero-order valence-electron chi connectivity index (χ0n) is 8.34. The summed E-state index contributed by atoms with van der Waals surface area (Å²) in [5.41, 5.74) is 1.25. The third-order valence-electron chi connectivity index (χ3n) is 2.66. The number of halogens is 2. The topological polar surface area (TPSA) is 12.0 Å². The van der Waals surface area contributed by atoms with Crippen LogP contribution in [0.2, 0.25) is 10.0 Å². The van der Waals surface area contributed by atoms with Crippen molar-refractivity contribution in [1.82, 2.24) is 5.32 Å². The van der Waals surface area contributed by atoms with Crippen molar-refractivity contribution in [2.45, 2.75) is 12.3 Å². The molecule has 15 heavy (non-hydrogen) atoms. The van der Waals surface area contributed by atoms with Gasteiger partial charge in [-0.15, -0.1) is 0 Å². The summed E-state index contributed by atoms with van der Waals surface area (Å²) in [6.07, 6.45) is 5.44. The summed E-state index contributed by atoms with van der Waals surface area (Å²) < 4.78 is 0. The SMILES string of the molecule is Clc1ccc(C2CC=CCNC2)cc1Cl. The molecule has 0 saturated heterocycles. The standard InChI is InChI=1S/C12H13Cl2N/c13-11-5-4-9(7-12(11)14)10-3-1-2-6-15-8-10/h1-2,4-5,7,10,15H,3,6,8H2. The van der Waals surface area contributed by atoms with Gasteiger partial charge in [-0.3, -0.25) is 0 Å². The maximum Gasteiger partial charge on any atom is 0.0595 e. The van der Waals surface area contributed by atoms with E-state index in [1.807, 2.05) is 12.1 Å². The Morgan fingerprint density at radius 1 is 1.13 bits per heavy atom. The highest BCUT2D eigenvalue weighted by Crippen LogP contribution is 2.28. The number of hydrogen-bond donors (Lipinski definition) is 1. The van der Waals surface area contributed by atoms with Crippen molar-refractivity contribution >= 4 is 23.2 Å². The molecule has 1 atom stereocenters. The molecule has 0 spiro atoms. The molecule has 0 saturated carbocycles. The summed E-state index contributed by atoms with van der Waals surface area (Å²) >= 11 is 11.9. The summed E-state index contributed by atoms with van der Waals surface area (Å²) in [6.45, 7) is 1.95. The molecule has 1 N–H and O–H groups in total. The van der Waals surface area contributed by atoms with Gasteiger partial charge in [0.2, 0.25) is 0 Å². The molecule has 0 aliphatic carbocycles. The van der Waals surface area contributed by atoms with Gasteiger partial charge in [0.25, 0.3) is 0 Å². The first kappa shape index (κ1) is 11.0. The van der Waals surface area contributed by atoms with Gasteiger partial charge >= 0.3 is 0 Å². The molecule has 1 aromatic carbocycles. The molecule has 1 heterocycles. The fourth-order valence-electron chi connectivity index (χ4n) is 1.79. The molecule has 2 rings (SSSR count). The lowest BCUT2D eigenvalue weighted by atomic mass is 9.96. The largest absolute Gasteiger partial charge is 0.313 e. The van der Waals surface area contributed by atoms with Crippen molar-refractivity contribution in [3.05, 3.63) is 46.0 Å². The van der Waals surface area contributed by atoms with E-state index in [9.17, 15) is 0 Å². The predicted octanol–water partition coefficient (Wildman–Crippen LogP) is 3.63. The molecule has 1 aliphatic rings. The lowest BCUT2D eigenvalue weighted by Crippen LogP contribution is -2.19. The fourth-order valence-corrected chi connectivity index (χ4v) is 2.09. The van der Waals surface area contributed by atoms with Crippen LogP contribution in [0.5, 0.6) is 0 Å². The second-order valence-corrected chi connectivity index (χ2v) is 4.55. The highest BCUT2D eigenvalue weighted by molar-refractivity contribution is 6.42. The average molecular weight is 242 g/mol. The van der Waals surface area contributed by atoms with Crippen LogP contribution in [-0.4, -0.2) is 13.1 Å². The zero-order chi connectivity index (χ0) is 10.7. The third-order valence-corrected chi connectivity index (χ3v) is 3.39. The van der Waals surface area contributed by atoms with Crippen LogP contribution in [0.1, 0.15) is 17.9 Å². The van der Waals surface area contributed by atoms with Gasteiger partial charge in [-0.2, -0.15) is 0 Å². The summed E-state index contributed by atoms with van der Waals surface area (Å²) in [7, 11) is 0. The van der Waals surface area contributed by atoms with E-state index in [4.69, 9.17) is 23.2 Å². The molecule has 0 bridgehead atoms. The van der Waals surface area contributed by atoms with Crippen molar-refractivity contribution in [1.29, 1.82) is 0 Å². The second-order valence-electron chi connectivity index (χ2n) is 3.74. The minimum Gasteiger partial charge on any atom is -0.313 e. The first-order valence-corrected chi connectivity index (χ1v) is 5.83. The Morgan fingerprint density at radius 2 is 2.00 bits per heavy atom. The fraction of sp³-hybridized carbons (Fsp3) is 0.333. The zero-order valence-corrected chi connectivity index (χ0v) is 9.85. The van der Waals surface area contributed by atoms with Crippen LogP contribution in [0.3, 0.4) is 0 Å². The molecule has 0 aromatic heterocycles. The van der Waals surface area contributed by atoms with Crippen molar-refractivity contribution < 1.29 is 0 Å². The molecule has 0 amide bonds. The van der Waals surface area contributed by atoms with E-state index < -0.39 is 0 Å². The summed E-state index contributed by atoms with van der Waals surface area (Å²) in [6, 6.07) is 5.89. The molecule has 1 unspecified atom stereocenters. The molecule has 1 aromatic rings. The average Bonchev–Trinajstić information content (AvgIpc) is 2.50. The van der Waals surface area contributed by atoms with Crippen LogP contribution in [0.25, 0.3) is 0 Å². The predicted molar refractivity (Wildman–Crippen MR) is 65.8 cm³/mol. The summed E-state index contributed by atoms with van der Waals surface area (Å²) in [4.78, 5) is 0. The van der Waals surface area contributed by atoms with E-state index in [-0.39, 0.29) is 0 Å². The molecule has 0 radical (unpaired) electrons. The maximum absolute atomic E-state index is 6.00. The van der Waals surface area contributed by atoms with E-state index in [2.05, 4.69) is 23.5 Å². The Morgan fingerprint density at radius 3 is 2.80 bits per heavy atom. The number of rotatable bonds is 1. The van der Waals surface area contributed by atoms with Crippen molar-refractivity contribution in [2.75, 3.05) is 13.1 Å². The molecule has 3 heteroatoms. The quantitative estimate of drug-likeness (QED) is 0.741. The Balaban J connectivity index is 2.20. The Hall–Kier alpha value is -0.500. The van der Waals surface area contributed by atoms with Crippen LogP contribution in [0.4, 0.5) is 0 Å². The minimum atomic E-state index is 0.499. The van der Waals surface area contributed by atoms with Gasteiger partial charge in [0.1, 0.15) is 0 Å². The van der Waals surface area contributed by atoms with Crippen LogP contribution >= 0.6 is 23.2 Å². The Labute approximate surface area is 100 Å². The van der Waals surface area contributed by atoms with Crippen molar-refractivity contribution in [3.8, 4) is 0 Å². The Kier molecular flexibility index (Phi) is 3.68. The molecule has 0 fully saturated rings. The van der Waals surface area contributed by atoms with Crippen molar-refractivity contribution in [2.24, 2.45) is 0 Å². The van der Waals surface area contributed by atoms with Gasteiger partial charge in [-0.1, -0.05) is 41.4 Å². The normalized spacial score (nSPS) is 21.3. The van der Waals surface area contributed by atoms with Gasteiger partial charge in [-0.25, -0.2) is 0 Å². The molecule has 1 aliphatic heterocycles. The molecular weight excluding hydrogens is 229 g/mol. The van der Waals surface area contributed by atoms with Gasteiger partial charge in [0, 0.05) is 13.1 Å². The van der Waals surface area contributed by atoms with Crippen LogP contribution in [0.15, 0.2) is 30.4 Å². The first-order chi connectivity index (χ1) is 7.27. The van der Waals surface area contributed by atoms with E-state index >= 15 is 0 Å². The maximum atomic E-state index is 6.00. The summed E-state index contributed by atoms with van der Waals surface area (Å²) in [5.74, 6) is 0.499. The monoisotopic (exact) mass is 241 g/mol. The number of nitrogens with one attached hydrogen (secondary N) is 1. The smallest absolute Gasteiger partial charge is 0.0595 e.